The lowest BCUT2D eigenvalue weighted by molar-refractivity contribution is -0.118. The van der Waals surface area contributed by atoms with Crippen molar-refractivity contribution in [2.45, 2.75) is 33.7 Å². The molecule has 1 atom stereocenters. The van der Waals surface area contributed by atoms with Gasteiger partial charge >= 0.3 is 0 Å². The molecule has 6 nitrogen and oxygen atoms in total. The van der Waals surface area contributed by atoms with Crippen molar-refractivity contribution < 1.29 is 4.79 Å². The Hall–Kier alpha value is -1.85. The maximum atomic E-state index is 11.0. The molecule has 0 saturated heterocycles. The highest BCUT2D eigenvalue weighted by atomic mass is 16.1. The molecule has 1 unspecified atom stereocenters. The fourth-order valence-corrected chi connectivity index (χ4v) is 1.38. The molecule has 17 heavy (non-hydrogen) atoms. The summed E-state index contributed by atoms with van der Waals surface area (Å²) in [7, 11) is 0. The summed E-state index contributed by atoms with van der Waals surface area (Å²) in [4.78, 5) is 19.6. The van der Waals surface area contributed by atoms with Crippen LogP contribution >= 0.6 is 0 Å². The maximum absolute atomic E-state index is 11.0. The van der Waals surface area contributed by atoms with Gasteiger partial charge in [-0.25, -0.2) is 9.97 Å². The number of aryl methyl sites for hydroxylation is 1. The van der Waals surface area contributed by atoms with Gasteiger partial charge in [0.05, 0.1) is 0 Å². The maximum Gasteiger partial charge on any atom is 0.239 e. The van der Waals surface area contributed by atoms with Gasteiger partial charge in [0, 0.05) is 12.1 Å². The second-order valence-electron chi connectivity index (χ2n) is 3.89. The van der Waals surface area contributed by atoms with E-state index in [4.69, 9.17) is 5.73 Å². The lowest BCUT2D eigenvalue weighted by Crippen LogP contribution is -2.33. The Morgan fingerprint density at radius 2 is 1.94 bits per heavy atom. The van der Waals surface area contributed by atoms with Crippen LogP contribution in [0.15, 0.2) is 0 Å². The second-order valence-corrected chi connectivity index (χ2v) is 3.89. The van der Waals surface area contributed by atoms with Gasteiger partial charge in [0.15, 0.2) is 0 Å². The van der Waals surface area contributed by atoms with E-state index in [-0.39, 0.29) is 0 Å². The van der Waals surface area contributed by atoms with Crippen LogP contribution in [-0.2, 0) is 4.79 Å². The van der Waals surface area contributed by atoms with Crippen LogP contribution in [0.25, 0.3) is 0 Å². The molecule has 0 aliphatic carbocycles. The van der Waals surface area contributed by atoms with Gasteiger partial charge in [-0.3, -0.25) is 4.79 Å². The zero-order valence-electron chi connectivity index (χ0n) is 10.7. The van der Waals surface area contributed by atoms with Gasteiger partial charge in [-0.05, 0) is 27.7 Å². The van der Waals surface area contributed by atoms with Crippen molar-refractivity contribution in [2.75, 3.05) is 17.2 Å². The predicted molar refractivity (Wildman–Crippen MR) is 67.9 cm³/mol. The number of aromatic nitrogens is 2. The molecule has 0 aliphatic heterocycles. The SMILES string of the molecule is CCNc1nc(C)nc(NC(C)C(N)=O)c1C. The third-order valence-electron chi connectivity index (χ3n) is 2.38. The number of hydrogen-bond acceptors (Lipinski definition) is 5. The number of hydrogen-bond donors (Lipinski definition) is 3. The molecule has 0 spiro atoms. The van der Waals surface area contributed by atoms with Crippen LogP contribution in [0.4, 0.5) is 11.6 Å². The third-order valence-corrected chi connectivity index (χ3v) is 2.38. The summed E-state index contributed by atoms with van der Waals surface area (Å²) in [6, 6.07) is -0.461. The van der Waals surface area contributed by atoms with Gasteiger partial charge in [-0.1, -0.05) is 0 Å². The normalized spacial score (nSPS) is 12.0. The van der Waals surface area contributed by atoms with E-state index in [1.807, 2.05) is 13.8 Å². The zero-order chi connectivity index (χ0) is 13.0. The fraction of sp³-hybridized carbons (Fsp3) is 0.545. The van der Waals surface area contributed by atoms with Crippen LogP contribution < -0.4 is 16.4 Å². The summed E-state index contributed by atoms with van der Waals surface area (Å²) >= 11 is 0. The van der Waals surface area contributed by atoms with Gasteiger partial charge < -0.3 is 16.4 Å². The molecule has 1 aromatic heterocycles. The van der Waals surface area contributed by atoms with Crippen molar-refractivity contribution in [2.24, 2.45) is 5.73 Å². The van der Waals surface area contributed by atoms with E-state index in [0.717, 1.165) is 17.9 Å². The van der Waals surface area contributed by atoms with E-state index in [2.05, 4.69) is 20.6 Å². The van der Waals surface area contributed by atoms with Crippen LogP contribution in [0.5, 0.6) is 0 Å². The number of rotatable bonds is 5. The average Bonchev–Trinajstić information content (AvgIpc) is 2.24. The minimum atomic E-state index is -0.461. The Labute approximate surface area is 101 Å². The molecule has 0 fully saturated rings. The van der Waals surface area contributed by atoms with Crippen molar-refractivity contribution >= 4 is 17.5 Å². The summed E-state index contributed by atoms with van der Waals surface area (Å²) in [5, 5.41) is 6.14. The van der Waals surface area contributed by atoms with E-state index in [1.54, 1.807) is 13.8 Å². The molecule has 1 heterocycles. The van der Waals surface area contributed by atoms with Crippen LogP contribution in [0.2, 0.25) is 0 Å². The second kappa shape index (κ2) is 5.47. The number of carbonyl (C=O) groups is 1. The first kappa shape index (κ1) is 13.2. The number of anilines is 2. The van der Waals surface area contributed by atoms with E-state index < -0.39 is 11.9 Å². The minimum absolute atomic E-state index is 0.411. The van der Waals surface area contributed by atoms with E-state index in [9.17, 15) is 4.79 Å². The quantitative estimate of drug-likeness (QED) is 0.704. The number of carbonyl (C=O) groups excluding carboxylic acids is 1. The summed E-state index contributed by atoms with van der Waals surface area (Å²) in [6.45, 7) is 8.18. The molecule has 4 N–H and O–H groups in total. The molecule has 0 saturated carbocycles. The number of primary amides is 1. The smallest absolute Gasteiger partial charge is 0.239 e. The first-order chi connectivity index (χ1) is 7.95. The van der Waals surface area contributed by atoms with Crippen molar-refractivity contribution in [3.8, 4) is 0 Å². The van der Waals surface area contributed by atoms with Gasteiger partial charge in [0.1, 0.15) is 23.5 Å². The zero-order valence-corrected chi connectivity index (χ0v) is 10.7. The molecule has 0 radical (unpaired) electrons. The van der Waals surface area contributed by atoms with Gasteiger partial charge in [0.25, 0.3) is 0 Å². The third kappa shape index (κ3) is 3.30. The van der Waals surface area contributed by atoms with Crippen LogP contribution in [0.1, 0.15) is 25.2 Å². The largest absolute Gasteiger partial charge is 0.370 e. The predicted octanol–water partition coefficient (Wildman–Crippen LogP) is 0.811. The first-order valence-corrected chi connectivity index (χ1v) is 5.60. The van der Waals surface area contributed by atoms with Crippen LogP contribution in [0.3, 0.4) is 0 Å². The number of nitrogens with one attached hydrogen (secondary N) is 2. The number of amides is 1. The van der Waals surface area contributed by atoms with Gasteiger partial charge in [-0.15, -0.1) is 0 Å². The van der Waals surface area contributed by atoms with Crippen molar-refractivity contribution in [1.29, 1.82) is 0 Å². The first-order valence-electron chi connectivity index (χ1n) is 5.60. The summed E-state index contributed by atoms with van der Waals surface area (Å²) in [5.74, 6) is 1.65. The molecule has 1 amide bonds. The number of nitrogens with zero attached hydrogens (tertiary/aromatic N) is 2. The molecule has 1 aromatic rings. The summed E-state index contributed by atoms with van der Waals surface area (Å²) in [6.07, 6.45) is 0. The Bertz CT molecular complexity index is 419. The van der Waals surface area contributed by atoms with E-state index in [1.165, 1.54) is 0 Å². The molecule has 0 aromatic carbocycles. The highest BCUT2D eigenvalue weighted by Gasteiger charge is 2.13. The highest BCUT2D eigenvalue weighted by molar-refractivity contribution is 5.82. The van der Waals surface area contributed by atoms with Crippen LogP contribution in [0, 0.1) is 13.8 Å². The average molecular weight is 237 g/mol. The lowest BCUT2D eigenvalue weighted by atomic mass is 10.2. The summed E-state index contributed by atoms with van der Waals surface area (Å²) < 4.78 is 0. The van der Waals surface area contributed by atoms with Crippen LogP contribution in [-0.4, -0.2) is 28.5 Å². The Balaban J connectivity index is 3.02. The molecule has 6 heteroatoms. The fourth-order valence-electron chi connectivity index (χ4n) is 1.38. The molecule has 0 aliphatic rings. The van der Waals surface area contributed by atoms with E-state index in [0.29, 0.717) is 11.6 Å². The lowest BCUT2D eigenvalue weighted by Gasteiger charge is -2.16. The molecular formula is C11H19N5O. The van der Waals surface area contributed by atoms with Crippen molar-refractivity contribution in [1.82, 2.24) is 9.97 Å². The van der Waals surface area contributed by atoms with Gasteiger partial charge in [-0.2, -0.15) is 0 Å². The summed E-state index contributed by atoms with van der Waals surface area (Å²) in [5.41, 5.74) is 6.09. The Morgan fingerprint density at radius 3 is 2.47 bits per heavy atom. The highest BCUT2D eigenvalue weighted by Crippen LogP contribution is 2.20. The monoisotopic (exact) mass is 237 g/mol. The molecule has 1 rings (SSSR count). The molecule has 94 valence electrons. The van der Waals surface area contributed by atoms with Crippen molar-refractivity contribution in [3.63, 3.8) is 0 Å². The van der Waals surface area contributed by atoms with E-state index >= 15 is 0 Å². The minimum Gasteiger partial charge on any atom is -0.370 e. The standard InChI is InChI=1S/C11H19N5O/c1-5-13-10-6(2)11(16-8(4)15-10)14-7(3)9(12)17/h7H,5H2,1-4H3,(H2,12,17)(H2,13,14,15,16). The Morgan fingerprint density at radius 1 is 1.35 bits per heavy atom. The van der Waals surface area contributed by atoms with Gasteiger partial charge in [0.2, 0.25) is 5.91 Å². The molecule has 0 bridgehead atoms. The topological polar surface area (TPSA) is 92.9 Å². The number of nitrogens with two attached hydrogens (primary N) is 1. The Kier molecular flexibility index (Phi) is 4.25. The van der Waals surface area contributed by atoms with Crippen molar-refractivity contribution in [3.05, 3.63) is 11.4 Å². The molecular weight excluding hydrogens is 218 g/mol.